The van der Waals surface area contributed by atoms with Gasteiger partial charge in [0, 0.05) is 24.9 Å². The Kier molecular flexibility index (Phi) is 8.22. The number of H-pyrrole nitrogens is 1. The Morgan fingerprint density at radius 1 is 1.23 bits per heavy atom. The smallest absolute Gasteiger partial charge is 0.302 e. The van der Waals surface area contributed by atoms with Gasteiger partial charge in [-0.1, -0.05) is 60.5 Å². The van der Waals surface area contributed by atoms with E-state index in [0.29, 0.717) is 25.2 Å². The predicted octanol–water partition coefficient (Wildman–Crippen LogP) is 3.39. The van der Waals surface area contributed by atoms with Crippen LogP contribution in [0, 0.1) is 0 Å². The van der Waals surface area contributed by atoms with Crippen molar-refractivity contribution in [1.82, 2.24) is 25.5 Å². The molecular weight excluding hydrogens is 404 g/mol. The number of aryl methyl sites for hydroxylation is 1. The van der Waals surface area contributed by atoms with E-state index < -0.39 is 12.0 Å². The molecule has 1 aliphatic rings. The Hall–Kier alpha value is -2.68. The molecule has 1 aromatic carbocycles. The van der Waals surface area contributed by atoms with Gasteiger partial charge in [0.05, 0.1) is 6.04 Å². The van der Waals surface area contributed by atoms with E-state index in [1.54, 1.807) is 17.0 Å². The number of rotatable bonds is 11. The van der Waals surface area contributed by atoms with Gasteiger partial charge in [0.2, 0.25) is 5.91 Å². The summed E-state index contributed by atoms with van der Waals surface area (Å²) in [6.45, 7) is 0.585. The highest BCUT2D eigenvalue weighted by Gasteiger charge is 2.39. The van der Waals surface area contributed by atoms with Crippen molar-refractivity contribution in [3.8, 4) is 0 Å². The van der Waals surface area contributed by atoms with Gasteiger partial charge in [-0.25, -0.2) is 0 Å². The number of amides is 1. The SMILES string of the molecule is O=C1CCC[C@H](/C=C/[C@@H](O)C(F)(F)c2ccccc2)N1CCCCCCc1nn[nH]n1. The highest BCUT2D eigenvalue weighted by atomic mass is 19.3. The molecule has 1 fully saturated rings. The molecule has 0 unspecified atom stereocenters. The maximum Gasteiger partial charge on any atom is 0.302 e. The topological polar surface area (TPSA) is 95.0 Å². The monoisotopic (exact) mass is 433 g/mol. The molecule has 31 heavy (non-hydrogen) atoms. The van der Waals surface area contributed by atoms with Crippen LogP contribution < -0.4 is 0 Å². The molecule has 2 heterocycles. The van der Waals surface area contributed by atoms with Crippen LogP contribution in [0.15, 0.2) is 42.5 Å². The summed E-state index contributed by atoms with van der Waals surface area (Å²) in [5.41, 5.74) is -0.232. The Labute approximate surface area is 180 Å². The molecule has 2 N–H and O–H groups in total. The first-order valence-corrected chi connectivity index (χ1v) is 10.8. The molecule has 3 rings (SSSR count). The second-order valence-electron chi connectivity index (χ2n) is 7.86. The number of benzene rings is 1. The molecule has 2 atom stereocenters. The molecule has 1 aromatic heterocycles. The lowest BCUT2D eigenvalue weighted by Gasteiger charge is -2.34. The molecule has 0 aliphatic carbocycles. The third-order valence-corrected chi connectivity index (χ3v) is 5.60. The zero-order valence-electron chi connectivity index (χ0n) is 17.5. The molecule has 2 aromatic rings. The maximum absolute atomic E-state index is 14.5. The number of aromatic amines is 1. The van der Waals surface area contributed by atoms with Crippen LogP contribution in [0.5, 0.6) is 0 Å². The van der Waals surface area contributed by atoms with Crippen LogP contribution in [0.2, 0.25) is 0 Å². The third kappa shape index (κ3) is 6.40. The lowest BCUT2D eigenvalue weighted by atomic mass is 9.98. The third-order valence-electron chi connectivity index (χ3n) is 5.60. The number of unbranched alkanes of at least 4 members (excludes halogenated alkanes) is 3. The van der Waals surface area contributed by atoms with Crippen LogP contribution in [-0.4, -0.2) is 55.2 Å². The second kappa shape index (κ2) is 11.1. The number of aliphatic hydroxyl groups excluding tert-OH is 1. The van der Waals surface area contributed by atoms with Crippen LogP contribution in [0.3, 0.4) is 0 Å². The Morgan fingerprint density at radius 3 is 2.74 bits per heavy atom. The number of hydrogen-bond acceptors (Lipinski definition) is 5. The maximum atomic E-state index is 14.5. The van der Waals surface area contributed by atoms with Crippen molar-refractivity contribution in [3.05, 3.63) is 53.9 Å². The minimum atomic E-state index is -3.39. The zero-order chi connectivity index (χ0) is 22.1. The Morgan fingerprint density at radius 2 is 2.00 bits per heavy atom. The number of carbonyl (C=O) groups excluding carboxylic acids is 1. The average molecular weight is 434 g/mol. The van der Waals surface area contributed by atoms with Crippen molar-refractivity contribution in [3.63, 3.8) is 0 Å². The van der Waals surface area contributed by atoms with E-state index in [-0.39, 0.29) is 17.5 Å². The summed E-state index contributed by atoms with van der Waals surface area (Å²) in [6.07, 6.45) is 7.14. The molecule has 0 radical (unpaired) electrons. The molecular formula is C22H29F2N5O2. The second-order valence-corrected chi connectivity index (χ2v) is 7.86. The molecule has 1 amide bonds. The highest BCUT2D eigenvalue weighted by Crippen LogP contribution is 2.32. The lowest BCUT2D eigenvalue weighted by Crippen LogP contribution is -2.43. The van der Waals surface area contributed by atoms with Crippen molar-refractivity contribution in [2.75, 3.05) is 6.54 Å². The summed E-state index contributed by atoms with van der Waals surface area (Å²) in [4.78, 5) is 14.2. The van der Waals surface area contributed by atoms with Crippen molar-refractivity contribution < 1.29 is 18.7 Å². The first kappa shape index (κ1) is 23.0. The predicted molar refractivity (Wildman–Crippen MR) is 111 cm³/mol. The van der Waals surface area contributed by atoms with Gasteiger partial charge in [-0.15, -0.1) is 10.2 Å². The first-order valence-electron chi connectivity index (χ1n) is 10.8. The molecule has 1 saturated heterocycles. The number of tetrazole rings is 1. The standard InChI is InChI=1S/C22H29F2N5O2/c23-22(24,17-9-4-3-5-10-17)19(30)15-14-18-11-8-13-21(31)29(18)16-7-2-1-6-12-20-25-27-28-26-20/h3-5,9-10,14-15,18-19,30H,1-2,6-8,11-13,16H2,(H,25,26,27,28)/b15-14+/t18-,19-/m1/s1. The summed E-state index contributed by atoms with van der Waals surface area (Å²) in [7, 11) is 0. The number of aliphatic hydroxyl groups is 1. The lowest BCUT2D eigenvalue weighted by molar-refractivity contribution is -0.135. The minimum absolute atomic E-state index is 0.0389. The number of halogens is 2. The van der Waals surface area contributed by atoms with E-state index in [0.717, 1.165) is 44.6 Å². The number of alkyl halides is 2. The summed E-state index contributed by atoms with van der Waals surface area (Å²) in [5.74, 6) is -2.65. The van der Waals surface area contributed by atoms with Gasteiger partial charge >= 0.3 is 5.92 Å². The zero-order valence-corrected chi connectivity index (χ0v) is 17.5. The quantitative estimate of drug-likeness (QED) is 0.418. The number of carbonyl (C=O) groups is 1. The van der Waals surface area contributed by atoms with Crippen LogP contribution >= 0.6 is 0 Å². The molecule has 1 aliphatic heterocycles. The van der Waals surface area contributed by atoms with E-state index in [2.05, 4.69) is 20.6 Å². The highest BCUT2D eigenvalue weighted by molar-refractivity contribution is 5.77. The first-order chi connectivity index (χ1) is 15.0. The average Bonchev–Trinajstić information content (AvgIpc) is 3.29. The number of hydrogen-bond donors (Lipinski definition) is 2. The number of aromatic nitrogens is 4. The van der Waals surface area contributed by atoms with Gasteiger partial charge in [0.15, 0.2) is 5.82 Å². The normalized spacial score (nSPS) is 18.6. The molecule has 0 spiro atoms. The Bertz CT molecular complexity index is 830. The van der Waals surface area contributed by atoms with Gasteiger partial charge in [0.1, 0.15) is 6.10 Å². The van der Waals surface area contributed by atoms with Crippen molar-refractivity contribution in [2.24, 2.45) is 0 Å². The fourth-order valence-electron chi connectivity index (χ4n) is 3.83. The molecule has 0 saturated carbocycles. The van der Waals surface area contributed by atoms with Gasteiger partial charge in [-0.05, 0) is 25.7 Å². The number of nitrogens with one attached hydrogen (secondary N) is 1. The van der Waals surface area contributed by atoms with Crippen molar-refractivity contribution in [1.29, 1.82) is 0 Å². The summed E-state index contributed by atoms with van der Waals surface area (Å²) in [5, 5.41) is 23.9. The number of piperidine rings is 1. The van der Waals surface area contributed by atoms with Crippen LogP contribution in [0.25, 0.3) is 0 Å². The number of likely N-dealkylation sites (tertiary alicyclic amines) is 1. The van der Waals surface area contributed by atoms with Crippen LogP contribution in [-0.2, 0) is 17.1 Å². The Balaban J connectivity index is 1.49. The fourth-order valence-corrected chi connectivity index (χ4v) is 3.83. The van der Waals surface area contributed by atoms with Gasteiger partial charge in [-0.2, -0.15) is 14.0 Å². The number of nitrogens with zero attached hydrogens (tertiary/aromatic N) is 4. The van der Waals surface area contributed by atoms with Crippen LogP contribution in [0.1, 0.15) is 56.3 Å². The fraction of sp³-hybridized carbons (Fsp3) is 0.545. The van der Waals surface area contributed by atoms with Crippen molar-refractivity contribution >= 4 is 5.91 Å². The summed E-state index contributed by atoms with van der Waals surface area (Å²) in [6, 6.07) is 7.02. The van der Waals surface area contributed by atoms with E-state index in [4.69, 9.17) is 0 Å². The molecule has 7 nitrogen and oxygen atoms in total. The minimum Gasteiger partial charge on any atom is -0.382 e. The van der Waals surface area contributed by atoms with Crippen LogP contribution in [0.4, 0.5) is 8.78 Å². The van der Waals surface area contributed by atoms with E-state index >= 15 is 0 Å². The van der Waals surface area contributed by atoms with Crippen molar-refractivity contribution in [2.45, 2.75) is 69.4 Å². The summed E-state index contributed by atoms with van der Waals surface area (Å²) >= 11 is 0. The van der Waals surface area contributed by atoms with E-state index in [9.17, 15) is 18.7 Å². The molecule has 9 heteroatoms. The van der Waals surface area contributed by atoms with Gasteiger partial charge in [0.25, 0.3) is 0 Å². The van der Waals surface area contributed by atoms with E-state index in [1.807, 2.05) is 0 Å². The van der Waals surface area contributed by atoms with E-state index in [1.165, 1.54) is 24.3 Å². The largest absolute Gasteiger partial charge is 0.382 e. The summed E-state index contributed by atoms with van der Waals surface area (Å²) < 4.78 is 29.0. The van der Waals surface area contributed by atoms with Gasteiger partial charge in [-0.3, -0.25) is 4.79 Å². The van der Waals surface area contributed by atoms with Gasteiger partial charge < -0.3 is 10.0 Å². The molecule has 168 valence electrons. The molecule has 0 bridgehead atoms.